The van der Waals surface area contributed by atoms with E-state index in [2.05, 4.69) is 36.6 Å². The number of anilines is 2. The van der Waals surface area contributed by atoms with E-state index in [0.29, 0.717) is 18.0 Å². The average Bonchev–Trinajstić information content (AvgIpc) is 2.98. The molecule has 0 aliphatic carbocycles. The van der Waals surface area contributed by atoms with Crippen LogP contribution in [0.3, 0.4) is 0 Å². The lowest BCUT2D eigenvalue weighted by Crippen LogP contribution is -2.30. The van der Waals surface area contributed by atoms with Crippen LogP contribution in [0.1, 0.15) is 19.4 Å². The van der Waals surface area contributed by atoms with Crippen LogP contribution in [-0.4, -0.2) is 32.4 Å². The molecular weight excluding hydrogens is 400 g/mol. The first-order chi connectivity index (χ1) is 12.5. The lowest BCUT2D eigenvalue weighted by atomic mass is 10.1. The Hall–Kier alpha value is -2.39. The van der Waals surface area contributed by atoms with Gasteiger partial charge in [-0.05, 0) is 27.9 Å². The zero-order valence-electron chi connectivity index (χ0n) is 14.6. The average molecular weight is 421 g/mol. The van der Waals surface area contributed by atoms with E-state index in [9.17, 15) is 10.3 Å². The second-order valence-corrected chi connectivity index (χ2v) is 7.21. The van der Waals surface area contributed by atoms with Crippen LogP contribution < -0.4 is 15.4 Å². The van der Waals surface area contributed by atoms with Gasteiger partial charge in [0.2, 0.25) is 0 Å². The van der Waals surface area contributed by atoms with Gasteiger partial charge in [-0.1, -0.05) is 13.8 Å². The van der Waals surface area contributed by atoms with Crippen molar-refractivity contribution in [3.63, 3.8) is 0 Å². The van der Waals surface area contributed by atoms with Gasteiger partial charge in [-0.25, -0.2) is 4.98 Å². The van der Waals surface area contributed by atoms with Crippen molar-refractivity contribution in [2.24, 2.45) is 5.92 Å². The highest BCUT2D eigenvalue weighted by molar-refractivity contribution is 9.10. The van der Waals surface area contributed by atoms with Crippen molar-refractivity contribution < 1.29 is 9.84 Å². The molecule has 138 valence electrons. The molecule has 3 heterocycles. The summed E-state index contributed by atoms with van der Waals surface area (Å²) in [4.78, 5) is 4.57. The molecule has 1 atom stereocenters. The molecule has 0 fully saturated rings. The summed E-state index contributed by atoms with van der Waals surface area (Å²) in [5.74, 6) is 1.62. The van der Waals surface area contributed by atoms with Crippen molar-refractivity contribution in [3.05, 3.63) is 52.0 Å². The first-order valence-electron chi connectivity index (χ1n) is 8.31. The van der Waals surface area contributed by atoms with E-state index in [-0.39, 0.29) is 18.6 Å². The van der Waals surface area contributed by atoms with Crippen molar-refractivity contribution >= 4 is 33.2 Å². The minimum absolute atomic E-state index is 0.0151. The summed E-state index contributed by atoms with van der Waals surface area (Å²) in [6.45, 7) is 4.55. The van der Waals surface area contributed by atoms with Crippen LogP contribution in [0.15, 0.2) is 41.3 Å². The summed E-state index contributed by atoms with van der Waals surface area (Å²) in [6, 6.07) is 5.32. The van der Waals surface area contributed by atoms with Gasteiger partial charge in [0, 0.05) is 24.2 Å². The molecule has 0 aromatic carbocycles. The van der Waals surface area contributed by atoms with E-state index in [1.165, 1.54) is 12.4 Å². The van der Waals surface area contributed by atoms with E-state index in [1.807, 2.05) is 26.0 Å². The Balaban J connectivity index is 1.90. The lowest BCUT2D eigenvalue weighted by Gasteiger charge is -2.21. The van der Waals surface area contributed by atoms with Crippen molar-refractivity contribution in [3.8, 4) is 0 Å². The van der Waals surface area contributed by atoms with Crippen LogP contribution in [0.5, 0.6) is 0 Å². The molecule has 3 aromatic heterocycles. The molecule has 3 N–H and O–H groups in total. The first kappa shape index (κ1) is 18.4. The predicted octanol–water partition coefficient (Wildman–Crippen LogP) is 2.17. The van der Waals surface area contributed by atoms with Gasteiger partial charge < -0.3 is 20.9 Å². The smallest absolute Gasteiger partial charge is 0.185 e. The monoisotopic (exact) mass is 420 g/mol. The highest BCUT2D eigenvalue weighted by Gasteiger charge is 2.15. The minimum Gasteiger partial charge on any atom is -0.619 e. The number of rotatable bonds is 7. The molecule has 0 aliphatic heterocycles. The number of nitrogens with one attached hydrogen (secondary N) is 2. The Bertz CT molecular complexity index is 898. The molecule has 0 spiro atoms. The Morgan fingerprint density at radius 1 is 1.42 bits per heavy atom. The third-order valence-electron chi connectivity index (χ3n) is 4.07. The SMILES string of the molecule is CC(C)[C@@H](CO)Nc1cc(NCc2ccc[n+]([O-])c2)n2ncc(Br)c2n1. The van der Waals surface area contributed by atoms with Gasteiger partial charge in [-0.2, -0.15) is 14.3 Å². The van der Waals surface area contributed by atoms with Crippen molar-refractivity contribution in [2.45, 2.75) is 26.4 Å². The number of aromatic nitrogens is 4. The molecule has 0 saturated heterocycles. The molecule has 3 rings (SSSR count). The zero-order valence-corrected chi connectivity index (χ0v) is 16.1. The van der Waals surface area contributed by atoms with Gasteiger partial charge in [0.25, 0.3) is 0 Å². The maximum atomic E-state index is 11.4. The maximum absolute atomic E-state index is 11.4. The summed E-state index contributed by atoms with van der Waals surface area (Å²) in [7, 11) is 0. The maximum Gasteiger partial charge on any atom is 0.185 e. The van der Waals surface area contributed by atoms with Gasteiger partial charge >= 0.3 is 0 Å². The topological polar surface area (TPSA) is 101 Å². The summed E-state index contributed by atoms with van der Waals surface area (Å²) in [5, 5.41) is 31.9. The third-order valence-corrected chi connectivity index (χ3v) is 4.63. The Kier molecular flexibility index (Phi) is 5.58. The van der Waals surface area contributed by atoms with Crippen molar-refractivity contribution in [1.29, 1.82) is 0 Å². The molecule has 0 bridgehead atoms. The van der Waals surface area contributed by atoms with Gasteiger partial charge in [0.05, 0.1) is 23.3 Å². The van der Waals surface area contributed by atoms with Gasteiger partial charge in [-0.15, -0.1) is 0 Å². The molecular formula is C17H21BrN6O2. The van der Waals surface area contributed by atoms with Gasteiger partial charge in [-0.3, -0.25) is 0 Å². The summed E-state index contributed by atoms with van der Waals surface area (Å²) < 4.78 is 3.23. The number of hydrogen-bond donors (Lipinski definition) is 3. The lowest BCUT2D eigenvalue weighted by molar-refractivity contribution is -0.605. The van der Waals surface area contributed by atoms with E-state index in [4.69, 9.17) is 0 Å². The highest BCUT2D eigenvalue weighted by Crippen LogP contribution is 2.23. The number of hydrogen-bond acceptors (Lipinski definition) is 6. The Morgan fingerprint density at radius 3 is 2.92 bits per heavy atom. The van der Waals surface area contributed by atoms with Crippen LogP contribution >= 0.6 is 15.9 Å². The molecule has 0 radical (unpaired) electrons. The Labute approximate surface area is 159 Å². The summed E-state index contributed by atoms with van der Waals surface area (Å²) in [5.41, 5.74) is 1.51. The molecule has 8 nitrogen and oxygen atoms in total. The second kappa shape index (κ2) is 7.88. The fourth-order valence-corrected chi connectivity index (χ4v) is 2.90. The number of aliphatic hydroxyl groups excluding tert-OH is 1. The predicted molar refractivity (Wildman–Crippen MR) is 103 cm³/mol. The largest absolute Gasteiger partial charge is 0.619 e. The summed E-state index contributed by atoms with van der Waals surface area (Å²) >= 11 is 3.46. The number of nitrogens with zero attached hydrogens (tertiary/aromatic N) is 4. The fourth-order valence-electron chi connectivity index (χ4n) is 2.55. The molecule has 9 heteroatoms. The molecule has 0 saturated carbocycles. The minimum atomic E-state index is -0.104. The highest BCUT2D eigenvalue weighted by atomic mass is 79.9. The van der Waals surface area contributed by atoms with Crippen molar-refractivity contribution in [1.82, 2.24) is 14.6 Å². The Morgan fingerprint density at radius 2 is 2.23 bits per heavy atom. The van der Waals surface area contributed by atoms with Gasteiger partial charge in [0.15, 0.2) is 18.0 Å². The fraction of sp³-hybridized carbons (Fsp3) is 0.353. The van der Waals surface area contributed by atoms with Gasteiger partial charge in [0.1, 0.15) is 11.6 Å². The quantitative estimate of drug-likeness (QED) is 0.399. The van der Waals surface area contributed by atoms with Crippen molar-refractivity contribution in [2.75, 3.05) is 17.2 Å². The van der Waals surface area contributed by atoms with Crippen LogP contribution in [0, 0.1) is 11.1 Å². The molecule has 0 aliphatic rings. The van der Waals surface area contributed by atoms with E-state index in [1.54, 1.807) is 16.8 Å². The van der Waals surface area contributed by atoms with E-state index in [0.717, 1.165) is 20.6 Å². The molecule has 3 aromatic rings. The molecule has 0 amide bonds. The summed E-state index contributed by atoms with van der Waals surface area (Å²) in [6.07, 6.45) is 4.64. The number of fused-ring (bicyclic) bond motifs is 1. The molecule has 0 unspecified atom stereocenters. The normalized spacial score (nSPS) is 12.5. The molecule has 26 heavy (non-hydrogen) atoms. The zero-order chi connectivity index (χ0) is 18.7. The first-order valence-corrected chi connectivity index (χ1v) is 9.10. The van der Waals surface area contributed by atoms with Crippen LogP contribution in [0.4, 0.5) is 11.6 Å². The van der Waals surface area contributed by atoms with Crippen LogP contribution in [0.25, 0.3) is 5.65 Å². The van der Waals surface area contributed by atoms with Crippen LogP contribution in [-0.2, 0) is 6.54 Å². The standard InChI is InChI=1S/C17H21BrN6O2/c1-11(2)14(10-25)21-15-6-16(24-17(22-15)13(18)8-20-24)19-7-12-4-3-5-23(26)9-12/h3-6,8-9,11,14,19,25H,7,10H2,1-2H3,(H,21,22)/t14-/m1/s1. The number of halogens is 1. The number of pyridine rings is 1. The third kappa shape index (κ3) is 4.05. The van der Waals surface area contributed by atoms with E-state index < -0.39 is 0 Å². The van der Waals surface area contributed by atoms with E-state index >= 15 is 0 Å². The number of aliphatic hydroxyl groups is 1. The van der Waals surface area contributed by atoms with Crippen LogP contribution in [0.2, 0.25) is 0 Å². The second-order valence-electron chi connectivity index (χ2n) is 6.36.